The number of nitrogens with one attached hydrogen (secondary N) is 1. The molecule has 3 rings (SSSR count). The summed E-state index contributed by atoms with van der Waals surface area (Å²) in [5.74, 6) is 0. The van der Waals surface area contributed by atoms with E-state index in [1.165, 1.54) is 64.2 Å². The Bertz CT molecular complexity index is 322. The van der Waals surface area contributed by atoms with E-state index in [-0.39, 0.29) is 0 Å². The molecular weight excluding hydrogens is 246 g/mol. The second-order valence-corrected chi connectivity index (χ2v) is 8.36. The molecule has 0 amide bonds. The van der Waals surface area contributed by atoms with Gasteiger partial charge >= 0.3 is 0 Å². The van der Waals surface area contributed by atoms with E-state index in [9.17, 15) is 0 Å². The molecule has 0 saturated heterocycles. The van der Waals surface area contributed by atoms with E-state index in [0.29, 0.717) is 29.1 Å². The molecule has 3 fully saturated rings. The zero-order chi connectivity index (χ0) is 14.2. The number of hydrogen-bond acceptors (Lipinski definition) is 2. The summed E-state index contributed by atoms with van der Waals surface area (Å²) in [7, 11) is 2.14. The molecule has 0 aromatic carbocycles. The minimum absolute atomic E-state index is 0.486. The maximum absolute atomic E-state index is 6.61. The molecule has 1 N–H and O–H groups in total. The molecule has 0 aromatic heterocycles. The fraction of sp³-hybridized carbons (Fsp3) is 1.00. The van der Waals surface area contributed by atoms with Gasteiger partial charge in [-0.05, 0) is 57.4 Å². The molecule has 2 unspecified atom stereocenters. The Kier molecular flexibility index (Phi) is 4.16. The summed E-state index contributed by atoms with van der Waals surface area (Å²) >= 11 is 0. The van der Waals surface area contributed by atoms with Crippen molar-refractivity contribution in [3.63, 3.8) is 0 Å². The van der Waals surface area contributed by atoms with Crippen molar-refractivity contribution in [2.45, 2.75) is 96.3 Å². The smallest absolute Gasteiger partial charge is 0.0665 e. The van der Waals surface area contributed by atoms with Gasteiger partial charge in [0.05, 0.1) is 12.2 Å². The van der Waals surface area contributed by atoms with E-state index in [0.717, 1.165) is 0 Å². The highest BCUT2D eigenvalue weighted by Crippen LogP contribution is 2.54. The maximum Gasteiger partial charge on any atom is 0.0665 e. The summed E-state index contributed by atoms with van der Waals surface area (Å²) in [5, 5.41) is 3.56. The van der Waals surface area contributed by atoms with Crippen LogP contribution < -0.4 is 5.32 Å². The lowest BCUT2D eigenvalue weighted by Crippen LogP contribution is -2.64. The summed E-state index contributed by atoms with van der Waals surface area (Å²) in [4.78, 5) is 0. The van der Waals surface area contributed by atoms with Crippen molar-refractivity contribution in [3.8, 4) is 0 Å². The predicted octanol–water partition coefficient (Wildman–Crippen LogP) is 4.28. The van der Waals surface area contributed by atoms with Gasteiger partial charge in [0.1, 0.15) is 0 Å². The van der Waals surface area contributed by atoms with Gasteiger partial charge in [-0.15, -0.1) is 0 Å². The Balaban J connectivity index is 1.58. The third-order valence-electron chi connectivity index (χ3n) is 6.56. The van der Waals surface area contributed by atoms with Crippen LogP contribution in [-0.2, 0) is 4.74 Å². The minimum atomic E-state index is 0.486. The molecule has 2 heteroatoms. The Labute approximate surface area is 125 Å². The lowest BCUT2D eigenvalue weighted by molar-refractivity contribution is -0.183. The minimum Gasteiger partial charge on any atom is -0.374 e. The Hall–Kier alpha value is -0.0800. The van der Waals surface area contributed by atoms with E-state index < -0.39 is 0 Å². The van der Waals surface area contributed by atoms with Crippen LogP contribution in [0.15, 0.2) is 0 Å². The standard InChI is InChI=1S/C18H33NO/c1-17(2)11-7-14(8-12-17)20-16-13-15(19-3)18(16)9-5-4-6-10-18/h14-16,19H,4-13H2,1-3H3. The Morgan fingerprint density at radius 3 is 2.20 bits per heavy atom. The highest BCUT2D eigenvalue weighted by Gasteiger charge is 2.55. The third kappa shape index (κ3) is 2.66. The molecule has 20 heavy (non-hydrogen) atoms. The van der Waals surface area contributed by atoms with Gasteiger partial charge in [0.15, 0.2) is 0 Å². The summed E-state index contributed by atoms with van der Waals surface area (Å²) in [6.07, 6.45) is 14.6. The normalized spacial score (nSPS) is 36.8. The van der Waals surface area contributed by atoms with E-state index in [1.54, 1.807) is 0 Å². The van der Waals surface area contributed by atoms with E-state index in [4.69, 9.17) is 4.74 Å². The molecule has 0 aliphatic heterocycles. The fourth-order valence-corrected chi connectivity index (χ4v) is 4.97. The van der Waals surface area contributed by atoms with E-state index in [1.807, 2.05) is 0 Å². The zero-order valence-electron chi connectivity index (χ0n) is 13.7. The van der Waals surface area contributed by atoms with Crippen molar-refractivity contribution >= 4 is 0 Å². The van der Waals surface area contributed by atoms with Crippen molar-refractivity contribution in [1.82, 2.24) is 5.32 Å². The predicted molar refractivity (Wildman–Crippen MR) is 83.9 cm³/mol. The van der Waals surface area contributed by atoms with Crippen LogP contribution in [0.4, 0.5) is 0 Å². The first-order valence-electron chi connectivity index (χ1n) is 8.88. The molecule has 0 bridgehead atoms. The zero-order valence-corrected chi connectivity index (χ0v) is 13.7. The quantitative estimate of drug-likeness (QED) is 0.832. The summed E-state index contributed by atoms with van der Waals surface area (Å²) in [5.41, 5.74) is 1.04. The van der Waals surface area contributed by atoms with Crippen molar-refractivity contribution in [1.29, 1.82) is 0 Å². The lowest BCUT2D eigenvalue weighted by atomic mass is 9.55. The van der Waals surface area contributed by atoms with E-state index in [2.05, 4.69) is 26.2 Å². The maximum atomic E-state index is 6.61. The fourth-order valence-electron chi connectivity index (χ4n) is 4.97. The monoisotopic (exact) mass is 279 g/mol. The van der Waals surface area contributed by atoms with Crippen LogP contribution in [0.2, 0.25) is 0 Å². The summed E-state index contributed by atoms with van der Waals surface area (Å²) in [6.45, 7) is 4.82. The van der Waals surface area contributed by atoms with Gasteiger partial charge in [-0.2, -0.15) is 0 Å². The van der Waals surface area contributed by atoms with Gasteiger partial charge in [-0.3, -0.25) is 0 Å². The van der Waals surface area contributed by atoms with Crippen LogP contribution in [0.5, 0.6) is 0 Å². The molecule has 0 heterocycles. The van der Waals surface area contributed by atoms with Gasteiger partial charge in [0.25, 0.3) is 0 Å². The highest BCUT2D eigenvalue weighted by molar-refractivity contribution is 5.08. The SMILES string of the molecule is CNC1CC(OC2CCC(C)(C)CC2)C12CCCCC2. The van der Waals surface area contributed by atoms with Gasteiger partial charge in [-0.1, -0.05) is 33.1 Å². The highest BCUT2D eigenvalue weighted by atomic mass is 16.5. The van der Waals surface area contributed by atoms with E-state index >= 15 is 0 Å². The molecule has 2 nitrogen and oxygen atoms in total. The average molecular weight is 279 g/mol. The molecule has 3 aliphatic rings. The first-order chi connectivity index (χ1) is 9.56. The van der Waals surface area contributed by atoms with Gasteiger partial charge in [-0.25, -0.2) is 0 Å². The van der Waals surface area contributed by atoms with Crippen LogP contribution in [0.1, 0.15) is 78.1 Å². The van der Waals surface area contributed by atoms with Crippen molar-refractivity contribution in [3.05, 3.63) is 0 Å². The van der Waals surface area contributed by atoms with Crippen LogP contribution in [0, 0.1) is 10.8 Å². The number of rotatable bonds is 3. The average Bonchev–Trinajstić information content (AvgIpc) is 2.45. The molecule has 1 spiro atoms. The molecule has 116 valence electrons. The van der Waals surface area contributed by atoms with Crippen LogP contribution in [0.25, 0.3) is 0 Å². The topological polar surface area (TPSA) is 21.3 Å². The molecule has 3 saturated carbocycles. The lowest BCUT2D eigenvalue weighted by Gasteiger charge is -2.58. The number of ether oxygens (including phenoxy) is 1. The molecule has 2 atom stereocenters. The third-order valence-corrected chi connectivity index (χ3v) is 6.56. The Morgan fingerprint density at radius 2 is 1.60 bits per heavy atom. The van der Waals surface area contributed by atoms with Crippen molar-refractivity contribution < 1.29 is 4.74 Å². The van der Waals surface area contributed by atoms with Crippen molar-refractivity contribution in [2.75, 3.05) is 7.05 Å². The van der Waals surface area contributed by atoms with Gasteiger partial charge < -0.3 is 10.1 Å². The summed E-state index contributed by atoms with van der Waals surface area (Å²) in [6, 6.07) is 0.716. The largest absolute Gasteiger partial charge is 0.374 e. The van der Waals surface area contributed by atoms with Crippen molar-refractivity contribution in [2.24, 2.45) is 10.8 Å². The van der Waals surface area contributed by atoms with Gasteiger partial charge in [0.2, 0.25) is 0 Å². The van der Waals surface area contributed by atoms with Crippen LogP contribution in [0.3, 0.4) is 0 Å². The van der Waals surface area contributed by atoms with Crippen LogP contribution >= 0.6 is 0 Å². The molecule has 0 radical (unpaired) electrons. The molecule has 0 aromatic rings. The second kappa shape index (κ2) is 5.61. The Morgan fingerprint density at radius 1 is 0.950 bits per heavy atom. The molecule has 3 aliphatic carbocycles. The first-order valence-corrected chi connectivity index (χ1v) is 8.88. The second-order valence-electron chi connectivity index (χ2n) is 8.36. The summed E-state index contributed by atoms with van der Waals surface area (Å²) < 4.78 is 6.61. The van der Waals surface area contributed by atoms with Crippen LogP contribution in [-0.4, -0.2) is 25.3 Å². The van der Waals surface area contributed by atoms with Gasteiger partial charge in [0, 0.05) is 11.5 Å². The first kappa shape index (κ1) is 14.8. The number of hydrogen-bond donors (Lipinski definition) is 1. The molecular formula is C18H33NO.